The van der Waals surface area contributed by atoms with Crippen molar-refractivity contribution >= 4 is 10.1 Å². The second kappa shape index (κ2) is 5.51. The van der Waals surface area contributed by atoms with E-state index in [2.05, 4.69) is 4.98 Å². The number of imidazole rings is 1. The van der Waals surface area contributed by atoms with Crippen LogP contribution >= 0.6 is 0 Å². The van der Waals surface area contributed by atoms with Gasteiger partial charge in [-0.2, -0.15) is 21.6 Å². The van der Waals surface area contributed by atoms with E-state index in [0.29, 0.717) is 24.0 Å². The zero-order chi connectivity index (χ0) is 17.7. The lowest BCUT2D eigenvalue weighted by atomic mass is 10.0. The van der Waals surface area contributed by atoms with Crippen molar-refractivity contribution in [1.29, 1.82) is 0 Å². The van der Waals surface area contributed by atoms with Gasteiger partial charge in [0, 0.05) is 17.8 Å². The zero-order valence-electron chi connectivity index (χ0n) is 13.0. The summed E-state index contributed by atoms with van der Waals surface area (Å²) in [6.07, 6.45) is -1.37. The van der Waals surface area contributed by atoms with Crippen molar-refractivity contribution in [3.8, 4) is 17.1 Å². The van der Waals surface area contributed by atoms with E-state index in [1.54, 1.807) is 12.1 Å². The van der Waals surface area contributed by atoms with Gasteiger partial charge in [-0.3, -0.25) is 0 Å². The molecule has 1 aromatic heterocycles. The van der Waals surface area contributed by atoms with Gasteiger partial charge in [0.2, 0.25) is 0 Å². The maximum atomic E-state index is 13.0. The van der Waals surface area contributed by atoms with E-state index in [4.69, 9.17) is 4.18 Å². The van der Waals surface area contributed by atoms with E-state index in [1.165, 1.54) is 10.6 Å². The molecule has 9 heteroatoms. The molecule has 1 aromatic carbocycles. The molecule has 24 heavy (non-hydrogen) atoms. The average molecular weight is 360 g/mol. The number of aromatic nitrogens is 2. The van der Waals surface area contributed by atoms with Crippen LogP contribution in [0.4, 0.5) is 13.2 Å². The number of hydrogen-bond acceptors (Lipinski definition) is 4. The first kappa shape index (κ1) is 16.8. The molecule has 0 saturated carbocycles. The average Bonchev–Trinajstić information content (AvgIpc) is 2.83. The minimum absolute atomic E-state index is 0.139. The lowest BCUT2D eigenvalue weighted by molar-refractivity contribution is -0.140. The molecular weight excluding hydrogens is 345 g/mol. The summed E-state index contributed by atoms with van der Waals surface area (Å²) in [5.74, 6) is 0.369. The molecule has 130 valence electrons. The van der Waals surface area contributed by atoms with Crippen LogP contribution in [0.5, 0.6) is 5.75 Å². The fourth-order valence-corrected chi connectivity index (χ4v) is 3.24. The summed E-state index contributed by atoms with van der Waals surface area (Å²) >= 11 is 0. The lowest BCUT2D eigenvalue weighted by Gasteiger charge is -2.11. The summed E-state index contributed by atoms with van der Waals surface area (Å²) in [6, 6.07) is 4.35. The van der Waals surface area contributed by atoms with Crippen LogP contribution < -0.4 is 4.18 Å². The molecule has 0 bridgehead atoms. The van der Waals surface area contributed by atoms with Gasteiger partial charge in [-0.05, 0) is 43.5 Å². The molecule has 0 aliphatic carbocycles. The molecule has 2 heterocycles. The van der Waals surface area contributed by atoms with Crippen molar-refractivity contribution in [3.63, 3.8) is 0 Å². The summed E-state index contributed by atoms with van der Waals surface area (Å²) in [4.78, 5) is 3.76. The first-order valence-electron chi connectivity index (χ1n) is 7.23. The fraction of sp³-hybridized carbons (Fsp3) is 0.400. The van der Waals surface area contributed by atoms with Crippen LogP contribution in [0.3, 0.4) is 0 Å². The maximum absolute atomic E-state index is 13.0. The van der Waals surface area contributed by atoms with E-state index in [9.17, 15) is 21.6 Å². The smallest absolute Gasteiger partial charge is 0.383 e. The highest BCUT2D eigenvalue weighted by atomic mass is 32.2. The molecule has 0 saturated heterocycles. The number of fused-ring (bicyclic) bond motifs is 3. The van der Waals surface area contributed by atoms with Gasteiger partial charge >= 0.3 is 16.3 Å². The predicted molar refractivity (Wildman–Crippen MR) is 81.2 cm³/mol. The third kappa shape index (κ3) is 3.26. The maximum Gasteiger partial charge on any atom is 0.434 e. The van der Waals surface area contributed by atoms with E-state index in [1.807, 2.05) is 6.92 Å². The van der Waals surface area contributed by atoms with Crippen molar-refractivity contribution in [2.24, 2.45) is 0 Å². The molecule has 1 unspecified atom stereocenters. The second-order valence-corrected chi connectivity index (χ2v) is 7.42. The van der Waals surface area contributed by atoms with E-state index in [-0.39, 0.29) is 17.6 Å². The SMILES string of the molecule is CC1CCc2cc(OS(C)(=O)=O)ccc2-c2nc(C(F)(F)F)cn21. The monoisotopic (exact) mass is 360 g/mol. The largest absolute Gasteiger partial charge is 0.434 e. The first-order valence-corrected chi connectivity index (χ1v) is 9.05. The zero-order valence-corrected chi connectivity index (χ0v) is 13.8. The van der Waals surface area contributed by atoms with Gasteiger partial charge in [0.05, 0.1) is 6.26 Å². The van der Waals surface area contributed by atoms with Crippen LogP contribution in [0, 0.1) is 0 Å². The van der Waals surface area contributed by atoms with Crippen LogP contribution in [-0.4, -0.2) is 24.2 Å². The summed E-state index contributed by atoms with van der Waals surface area (Å²) in [6.45, 7) is 1.82. The Kier molecular flexibility index (Phi) is 3.86. The van der Waals surface area contributed by atoms with Gasteiger partial charge in [-0.25, -0.2) is 4.98 Å². The van der Waals surface area contributed by atoms with Crippen molar-refractivity contribution in [2.45, 2.75) is 32.0 Å². The Morgan fingerprint density at radius 3 is 2.67 bits per heavy atom. The summed E-state index contributed by atoms with van der Waals surface area (Å²) in [7, 11) is -3.67. The van der Waals surface area contributed by atoms with E-state index >= 15 is 0 Å². The molecule has 1 aliphatic heterocycles. The second-order valence-electron chi connectivity index (χ2n) is 5.85. The molecule has 0 radical (unpaired) electrons. The third-order valence-corrected chi connectivity index (χ3v) is 4.39. The molecule has 5 nitrogen and oxygen atoms in total. The number of halogens is 3. The van der Waals surface area contributed by atoms with Gasteiger partial charge in [0.15, 0.2) is 5.69 Å². The van der Waals surface area contributed by atoms with Gasteiger partial charge in [0.25, 0.3) is 0 Å². The molecule has 0 N–H and O–H groups in total. The van der Waals surface area contributed by atoms with Crippen LogP contribution in [0.2, 0.25) is 0 Å². The first-order chi connectivity index (χ1) is 11.0. The molecule has 1 atom stereocenters. The normalized spacial score (nSPS) is 17.8. The highest BCUT2D eigenvalue weighted by molar-refractivity contribution is 7.86. The van der Waals surface area contributed by atoms with Crippen molar-refractivity contribution < 1.29 is 25.8 Å². The number of alkyl halides is 3. The number of hydrogen-bond donors (Lipinski definition) is 0. The Morgan fingerprint density at radius 2 is 2.04 bits per heavy atom. The van der Waals surface area contributed by atoms with Crippen LogP contribution in [0.25, 0.3) is 11.4 Å². The highest BCUT2D eigenvalue weighted by Crippen LogP contribution is 2.38. The van der Waals surface area contributed by atoms with E-state index < -0.39 is 22.0 Å². The summed E-state index contributed by atoms with van der Waals surface area (Å²) in [5, 5.41) is 0. The Bertz CT molecular complexity index is 888. The molecule has 1 aliphatic rings. The number of rotatable bonds is 2. The van der Waals surface area contributed by atoms with Crippen LogP contribution in [-0.2, 0) is 22.7 Å². The van der Waals surface area contributed by atoms with Crippen molar-refractivity contribution in [2.75, 3.05) is 6.26 Å². The minimum atomic E-state index is -4.52. The molecule has 2 aromatic rings. The number of benzene rings is 1. The highest BCUT2D eigenvalue weighted by Gasteiger charge is 2.36. The number of aryl methyl sites for hydroxylation is 1. The molecule has 0 amide bonds. The van der Waals surface area contributed by atoms with Gasteiger partial charge < -0.3 is 8.75 Å². The molecular formula is C15H15F3N2O3S. The Hall–Kier alpha value is -2.03. The van der Waals surface area contributed by atoms with Gasteiger partial charge in [0.1, 0.15) is 11.6 Å². The molecule has 0 fully saturated rings. The number of nitrogens with zero attached hydrogens (tertiary/aromatic N) is 2. The summed E-state index contributed by atoms with van der Waals surface area (Å²) in [5.41, 5.74) is 0.324. The third-order valence-electron chi connectivity index (χ3n) is 3.89. The topological polar surface area (TPSA) is 61.2 Å². The lowest BCUT2D eigenvalue weighted by Crippen LogP contribution is -2.07. The van der Waals surface area contributed by atoms with E-state index in [0.717, 1.165) is 12.5 Å². The Balaban J connectivity index is 2.11. The predicted octanol–water partition coefficient (Wildman–Crippen LogP) is 3.41. The van der Waals surface area contributed by atoms with Gasteiger partial charge in [-0.1, -0.05) is 0 Å². The fourth-order valence-electron chi connectivity index (χ4n) is 2.79. The molecule has 0 spiro atoms. The standard InChI is InChI=1S/C15H15F3N2O3S/c1-9-3-4-10-7-11(23-24(2,21)22)5-6-12(10)14-19-13(8-20(9)14)15(16,17)18/h5-9H,3-4H2,1-2H3. The van der Waals surface area contributed by atoms with Crippen molar-refractivity contribution in [3.05, 3.63) is 35.7 Å². The molecule has 3 rings (SSSR count). The Morgan fingerprint density at radius 1 is 1.33 bits per heavy atom. The summed E-state index contributed by atoms with van der Waals surface area (Å²) < 4.78 is 67.7. The van der Waals surface area contributed by atoms with Crippen LogP contribution in [0.1, 0.15) is 30.6 Å². The van der Waals surface area contributed by atoms with Crippen LogP contribution in [0.15, 0.2) is 24.4 Å². The van der Waals surface area contributed by atoms with Crippen molar-refractivity contribution in [1.82, 2.24) is 9.55 Å². The minimum Gasteiger partial charge on any atom is -0.383 e. The quantitative estimate of drug-likeness (QED) is 0.770. The Labute approximate surface area is 137 Å². The van der Waals surface area contributed by atoms with Gasteiger partial charge in [-0.15, -0.1) is 0 Å².